The van der Waals surface area contributed by atoms with Crippen LogP contribution in [0.25, 0.3) is 0 Å². The van der Waals surface area contributed by atoms with Gasteiger partial charge in [-0.05, 0) is 86.3 Å². The van der Waals surface area contributed by atoms with Crippen molar-refractivity contribution >= 4 is 17.6 Å². The number of carbonyl (C=O) groups is 2. The van der Waals surface area contributed by atoms with Gasteiger partial charge in [-0.3, -0.25) is 10.1 Å². The van der Waals surface area contributed by atoms with E-state index in [2.05, 4.69) is 25.4 Å². The first-order chi connectivity index (χ1) is 30.4. The highest BCUT2D eigenvalue weighted by molar-refractivity contribution is 5.84. The fourth-order valence-corrected chi connectivity index (χ4v) is 12.3. The molecule has 63 heavy (non-hydrogen) atoms. The minimum Gasteiger partial charge on any atom is -0.497 e. The molecule has 0 saturated carbocycles. The molecule has 346 valence electrons. The lowest BCUT2D eigenvalue weighted by atomic mass is 9.81. The zero-order valence-corrected chi connectivity index (χ0v) is 36.8. The first-order valence-electron chi connectivity index (χ1n) is 23.4. The van der Waals surface area contributed by atoms with Crippen molar-refractivity contribution in [1.29, 1.82) is 0 Å². The molecule has 0 aromatic heterocycles. The van der Waals surface area contributed by atoms with Crippen LogP contribution < -0.4 is 10.1 Å². The zero-order chi connectivity index (χ0) is 43.6. The topological polar surface area (TPSA) is 168 Å². The standard InChI is InChI=1S/C48H65NO14/c1-24-16-31-10-12-35-25(2)17-33(56-35)14-15-48-22-40-43(62-48)44-45(61-40)46(63-48)42-36(60-44)13-11-32(58-42)18-28(50)19-34-38(21-37(57-31)26(24)3)59-39(41(34)54-5)20-29(51)23-55-47(52)49-27-6-8-30(53-4)9-7-27/h6-9,24,29,31-46,51H,2-3,10-23H2,1,4-5H3,(H,49,52)/t24-,29+,31+,32-,33+,34+,35+,36+,37-,38+,39-,40+,41-,42+,43+,44?,45-,46+,48+/m1/s1. The Morgan fingerprint density at radius 3 is 2.37 bits per heavy atom. The monoisotopic (exact) mass is 879 g/mol. The lowest BCUT2D eigenvalue weighted by Gasteiger charge is -2.47. The molecule has 10 fully saturated rings. The van der Waals surface area contributed by atoms with E-state index in [1.807, 2.05) is 0 Å². The number of ketones is 1. The molecular weight excluding hydrogens is 815 g/mol. The number of rotatable bonds is 7. The molecule has 10 aliphatic heterocycles. The van der Waals surface area contributed by atoms with E-state index in [0.717, 1.165) is 49.7 Å². The van der Waals surface area contributed by atoms with Crippen molar-refractivity contribution in [2.75, 3.05) is 26.1 Å². The summed E-state index contributed by atoms with van der Waals surface area (Å²) in [6, 6.07) is 6.85. The summed E-state index contributed by atoms with van der Waals surface area (Å²) in [5, 5.41) is 13.9. The Morgan fingerprint density at radius 1 is 0.810 bits per heavy atom. The molecule has 2 N–H and O–H groups in total. The minimum atomic E-state index is -1.06. The van der Waals surface area contributed by atoms with Crippen molar-refractivity contribution in [1.82, 2.24) is 0 Å². The Balaban J connectivity index is 0.866. The molecule has 1 spiro atoms. The number of aliphatic hydroxyl groups excluding tert-OH is 1. The summed E-state index contributed by atoms with van der Waals surface area (Å²) in [6.07, 6.45) is 2.07. The molecule has 1 aromatic carbocycles. The van der Waals surface area contributed by atoms with Gasteiger partial charge in [-0.2, -0.15) is 0 Å². The molecule has 10 saturated heterocycles. The average Bonchev–Trinajstić information content (AvgIpc) is 3.95. The molecule has 1 amide bonds. The predicted molar refractivity (Wildman–Crippen MR) is 225 cm³/mol. The molecule has 10 heterocycles. The minimum absolute atomic E-state index is 0.0160. The van der Waals surface area contributed by atoms with Crippen LogP contribution in [0, 0.1) is 11.8 Å². The molecule has 12 bridgehead atoms. The van der Waals surface area contributed by atoms with E-state index < -0.39 is 42.4 Å². The second-order valence-corrected chi connectivity index (χ2v) is 19.6. The van der Waals surface area contributed by atoms with Gasteiger partial charge in [0.15, 0.2) is 5.79 Å². The van der Waals surface area contributed by atoms with Gasteiger partial charge in [-0.25, -0.2) is 4.79 Å². The number of methoxy groups -OCH3 is 2. The number of benzene rings is 1. The van der Waals surface area contributed by atoms with Gasteiger partial charge < -0.3 is 57.2 Å². The fourth-order valence-electron chi connectivity index (χ4n) is 12.3. The first kappa shape index (κ1) is 43.9. The SMILES string of the molecule is C=C1C[C@@H]2CC[C@@]34C[C@@H]5O[C@@H]6C(O[C@H]7CC[C@H](CC(=O)C[C@@H]8[C@@H](OC)[C@@H](C[C@H](O)COC(=O)Nc9ccc(OC)cc9)O[C@H]8C[C@H]8O[C@@H](CC[C@@H]1O2)C[C@@H](C)C8=C)O[C@@H]7[C@@H]6O3)[C@H]5O4. The lowest BCUT2D eigenvalue weighted by molar-refractivity contribution is -0.292. The van der Waals surface area contributed by atoms with Crippen LogP contribution in [0.5, 0.6) is 5.75 Å². The number of fused-ring (bicyclic) bond motifs is 6. The van der Waals surface area contributed by atoms with Gasteiger partial charge in [-0.1, -0.05) is 20.1 Å². The highest BCUT2D eigenvalue weighted by atomic mass is 16.8. The Hall–Kier alpha value is -2.96. The summed E-state index contributed by atoms with van der Waals surface area (Å²) < 4.78 is 71.0. The molecule has 1 unspecified atom stereocenters. The van der Waals surface area contributed by atoms with Crippen LogP contribution in [0.3, 0.4) is 0 Å². The van der Waals surface area contributed by atoms with E-state index in [1.54, 1.807) is 38.5 Å². The van der Waals surface area contributed by atoms with E-state index in [4.69, 9.17) is 52.1 Å². The second kappa shape index (κ2) is 18.0. The van der Waals surface area contributed by atoms with E-state index in [0.29, 0.717) is 37.1 Å². The number of hydrogen-bond acceptors (Lipinski definition) is 14. The fraction of sp³-hybridized carbons (Fsp3) is 0.750. The largest absolute Gasteiger partial charge is 0.497 e. The number of nitrogens with one attached hydrogen (secondary N) is 1. The highest BCUT2D eigenvalue weighted by Gasteiger charge is 2.68. The number of ether oxygens (including phenoxy) is 11. The quantitative estimate of drug-likeness (QED) is 0.319. The molecule has 19 atom stereocenters. The summed E-state index contributed by atoms with van der Waals surface area (Å²) in [5.74, 6) is -0.239. The third-order valence-electron chi connectivity index (χ3n) is 15.4. The van der Waals surface area contributed by atoms with Crippen LogP contribution >= 0.6 is 0 Å². The van der Waals surface area contributed by atoms with Gasteiger partial charge in [0.25, 0.3) is 0 Å². The number of Topliss-reactive ketones (excluding diaryl/α,β-unsaturated/α-hetero) is 1. The van der Waals surface area contributed by atoms with Crippen LogP contribution in [-0.2, 0) is 52.2 Å². The van der Waals surface area contributed by atoms with Crippen molar-refractivity contribution in [2.45, 2.75) is 194 Å². The maximum absolute atomic E-state index is 14.3. The van der Waals surface area contributed by atoms with Crippen LogP contribution in [0.2, 0.25) is 0 Å². The molecule has 15 nitrogen and oxygen atoms in total. The summed E-state index contributed by atoms with van der Waals surface area (Å²) >= 11 is 0. The van der Waals surface area contributed by atoms with Crippen LogP contribution in [0.1, 0.15) is 90.4 Å². The number of anilines is 1. The molecule has 0 aliphatic carbocycles. The summed E-state index contributed by atoms with van der Waals surface area (Å²) in [7, 11) is 3.18. The van der Waals surface area contributed by atoms with Crippen molar-refractivity contribution in [3.05, 3.63) is 48.6 Å². The van der Waals surface area contributed by atoms with Gasteiger partial charge in [0.2, 0.25) is 0 Å². The van der Waals surface area contributed by atoms with Crippen LogP contribution in [0.15, 0.2) is 48.6 Å². The van der Waals surface area contributed by atoms with E-state index in [9.17, 15) is 14.7 Å². The molecular formula is C48H65NO14. The predicted octanol–water partition coefficient (Wildman–Crippen LogP) is 5.74. The van der Waals surface area contributed by atoms with E-state index in [1.165, 1.54) is 0 Å². The Kier molecular flexibility index (Phi) is 12.6. The van der Waals surface area contributed by atoms with Crippen molar-refractivity contribution < 1.29 is 66.8 Å². The number of amides is 1. The molecule has 10 aliphatic rings. The van der Waals surface area contributed by atoms with Crippen molar-refractivity contribution in [3.8, 4) is 5.75 Å². The smallest absolute Gasteiger partial charge is 0.411 e. The van der Waals surface area contributed by atoms with Gasteiger partial charge in [-0.15, -0.1) is 0 Å². The first-order valence-corrected chi connectivity index (χ1v) is 23.4. The maximum Gasteiger partial charge on any atom is 0.411 e. The average molecular weight is 880 g/mol. The Morgan fingerprint density at radius 2 is 1.56 bits per heavy atom. The summed E-state index contributed by atoms with van der Waals surface area (Å²) in [6.45, 7) is 10.9. The molecule has 15 heteroatoms. The van der Waals surface area contributed by atoms with Gasteiger partial charge in [0.1, 0.15) is 48.7 Å². The summed E-state index contributed by atoms with van der Waals surface area (Å²) in [5.41, 5.74) is 2.65. The Labute approximate surface area is 369 Å². The van der Waals surface area contributed by atoms with Crippen molar-refractivity contribution in [3.63, 3.8) is 0 Å². The third-order valence-corrected chi connectivity index (χ3v) is 15.4. The lowest BCUT2D eigenvalue weighted by Crippen LogP contribution is -2.61. The Bertz CT molecular complexity index is 1860. The number of aliphatic hydroxyl groups is 1. The van der Waals surface area contributed by atoms with Crippen LogP contribution in [-0.4, -0.2) is 141 Å². The second-order valence-electron chi connectivity index (χ2n) is 19.6. The number of carbonyl (C=O) groups excluding carboxylic acids is 2. The van der Waals surface area contributed by atoms with E-state index >= 15 is 0 Å². The van der Waals surface area contributed by atoms with Crippen LogP contribution in [0.4, 0.5) is 10.5 Å². The normalized spacial score (nSPS) is 45.0. The maximum atomic E-state index is 14.3. The number of hydrogen-bond donors (Lipinski definition) is 2. The van der Waals surface area contributed by atoms with E-state index in [-0.39, 0.29) is 111 Å². The summed E-state index contributed by atoms with van der Waals surface area (Å²) in [4.78, 5) is 27.0. The van der Waals surface area contributed by atoms with Crippen molar-refractivity contribution in [2.24, 2.45) is 11.8 Å². The molecule has 1 aromatic rings. The molecule has 0 radical (unpaired) electrons. The van der Waals surface area contributed by atoms with Gasteiger partial charge in [0.05, 0.1) is 74.3 Å². The third kappa shape index (κ3) is 8.88. The van der Waals surface area contributed by atoms with Gasteiger partial charge in [0, 0.05) is 57.2 Å². The molecule has 11 rings (SSSR count). The highest BCUT2D eigenvalue weighted by Crippen LogP contribution is 2.54. The van der Waals surface area contributed by atoms with Gasteiger partial charge >= 0.3 is 6.09 Å². The zero-order valence-electron chi connectivity index (χ0n) is 36.8.